The molecule has 0 saturated carbocycles. The minimum Gasteiger partial charge on any atom is -0.369 e. The first kappa shape index (κ1) is 18.2. The molecule has 0 saturated heterocycles. The summed E-state index contributed by atoms with van der Waals surface area (Å²) in [6.45, 7) is -0.791. The van der Waals surface area contributed by atoms with Gasteiger partial charge in [-0.1, -0.05) is 6.07 Å². The zero-order valence-electron chi connectivity index (χ0n) is 14.8. The molecule has 1 unspecified atom stereocenters. The van der Waals surface area contributed by atoms with Gasteiger partial charge in [0.15, 0.2) is 11.5 Å². The molecule has 0 spiro atoms. The van der Waals surface area contributed by atoms with Crippen LogP contribution in [0.1, 0.15) is 16.8 Å². The molecule has 28 heavy (non-hydrogen) atoms. The summed E-state index contributed by atoms with van der Waals surface area (Å²) in [4.78, 5) is 27.0. The second-order valence-electron chi connectivity index (χ2n) is 6.28. The fourth-order valence-corrected chi connectivity index (χ4v) is 3.80. The molecule has 2 aromatic heterocycles. The Morgan fingerprint density at radius 3 is 2.64 bits per heavy atom. The highest BCUT2D eigenvalue weighted by Crippen LogP contribution is 2.41. The molecule has 0 aliphatic carbocycles. The van der Waals surface area contributed by atoms with E-state index < -0.39 is 23.9 Å². The number of carbonyl (C=O) groups excluding carboxylic acids is 1. The number of alkyl halides is 1. The molecule has 1 amide bonds. The molecule has 1 aliphatic heterocycles. The number of guanidine groups is 1. The molecule has 4 rings (SSSR count). The first-order chi connectivity index (χ1) is 13.5. The summed E-state index contributed by atoms with van der Waals surface area (Å²) in [6, 6.07) is 7.33. The number of likely N-dealkylation sites (N-methyl/N-ethyl adjacent to an activating group) is 1. The monoisotopic (exact) mass is 399 g/mol. The number of thiazole rings is 1. The van der Waals surface area contributed by atoms with Crippen molar-refractivity contribution in [2.24, 2.45) is 10.7 Å². The van der Waals surface area contributed by atoms with Crippen LogP contribution in [-0.4, -0.2) is 33.8 Å². The van der Waals surface area contributed by atoms with E-state index in [-0.39, 0.29) is 17.2 Å². The summed E-state index contributed by atoms with van der Waals surface area (Å²) in [6.07, 6.45) is 1.41. The van der Waals surface area contributed by atoms with Gasteiger partial charge in [0, 0.05) is 24.2 Å². The van der Waals surface area contributed by atoms with Crippen LogP contribution in [0, 0.1) is 5.82 Å². The van der Waals surface area contributed by atoms with Crippen molar-refractivity contribution in [3.05, 3.63) is 70.1 Å². The molecule has 3 aromatic rings. The summed E-state index contributed by atoms with van der Waals surface area (Å²) in [7, 11) is 1.50. The Morgan fingerprint density at radius 1 is 1.21 bits per heavy atom. The highest BCUT2D eigenvalue weighted by atomic mass is 32.1. The minimum absolute atomic E-state index is 0.0168. The number of amides is 1. The lowest BCUT2D eigenvalue weighted by Gasteiger charge is -2.26. The maximum absolute atomic E-state index is 14.5. The third kappa shape index (κ3) is 2.66. The second kappa shape index (κ2) is 6.75. The van der Waals surface area contributed by atoms with Crippen molar-refractivity contribution in [2.45, 2.75) is 12.2 Å². The Labute approximate surface area is 163 Å². The summed E-state index contributed by atoms with van der Waals surface area (Å²) < 4.78 is 27.7. The average Bonchev–Trinajstić information content (AvgIpc) is 3.32. The van der Waals surface area contributed by atoms with Gasteiger partial charge in [-0.2, -0.15) is 0 Å². The number of carbonyl (C=O) groups is 1. The zero-order valence-corrected chi connectivity index (χ0v) is 15.6. The van der Waals surface area contributed by atoms with Gasteiger partial charge in [0.05, 0.1) is 16.9 Å². The van der Waals surface area contributed by atoms with Crippen molar-refractivity contribution in [3.63, 3.8) is 0 Å². The van der Waals surface area contributed by atoms with Gasteiger partial charge in [-0.15, -0.1) is 11.3 Å². The molecule has 0 radical (unpaired) electrons. The SMILES string of the molecule is CN1C(=O)C(c2ccnc(CF)c2)(c2ccc(F)c(-c3cscn3)c2)N=C1N. The number of nitrogens with two attached hydrogens (primary N) is 1. The van der Waals surface area contributed by atoms with E-state index in [4.69, 9.17) is 5.73 Å². The number of hydrogen-bond donors (Lipinski definition) is 1. The fraction of sp³-hybridized carbons (Fsp3) is 0.158. The van der Waals surface area contributed by atoms with Crippen LogP contribution in [0.3, 0.4) is 0 Å². The number of hydrogen-bond acceptors (Lipinski definition) is 6. The van der Waals surface area contributed by atoms with E-state index in [0.717, 1.165) is 0 Å². The van der Waals surface area contributed by atoms with Crippen LogP contribution in [0.2, 0.25) is 0 Å². The van der Waals surface area contributed by atoms with Crippen molar-refractivity contribution in [1.29, 1.82) is 0 Å². The normalized spacial score (nSPS) is 19.2. The molecule has 3 heterocycles. The van der Waals surface area contributed by atoms with Gasteiger partial charge < -0.3 is 5.73 Å². The topological polar surface area (TPSA) is 84.5 Å². The summed E-state index contributed by atoms with van der Waals surface area (Å²) in [5.74, 6) is -0.875. The maximum Gasteiger partial charge on any atom is 0.266 e. The van der Waals surface area contributed by atoms with Crippen LogP contribution < -0.4 is 5.73 Å². The number of rotatable bonds is 4. The van der Waals surface area contributed by atoms with Crippen molar-refractivity contribution in [2.75, 3.05) is 7.05 Å². The lowest BCUT2D eigenvalue weighted by Crippen LogP contribution is -2.41. The average molecular weight is 399 g/mol. The number of benzene rings is 1. The number of aromatic nitrogens is 2. The molecule has 2 N–H and O–H groups in total. The smallest absolute Gasteiger partial charge is 0.266 e. The Kier molecular flexibility index (Phi) is 4.38. The van der Waals surface area contributed by atoms with Crippen LogP contribution in [0.15, 0.2) is 52.4 Å². The van der Waals surface area contributed by atoms with Gasteiger partial charge in [0.1, 0.15) is 12.5 Å². The third-order valence-corrected chi connectivity index (χ3v) is 5.29. The van der Waals surface area contributed by atoms with Crippen molar-refractivity contribution in [3.8, 4) is 11.3 Å². The Bertz CT molecular complexity index is 1090. The molecular weight excluding hydrogens is 384 g/mol. The van der Waals surface area contributed by atoms with Crippen molar-refractivity contribution in [1.82, 2.24) is 14.9 Å². The van der Waals surface area contributed by atoms with Crippen LogP contribution in [0.5, 0.6) is 0 Å². The summed E-state index contributed by atoms with van der Waals surface area (Å²) in [5, 5.41) is 1.71. The molecule has 0 bridgehead atoms. The van der Waals surface area contributed by atoms with Crippen molar-refractivity contribution < 1.29 is 13.6 Å². The lowest BCUT2D eigenvalue weighted by atomic mass is 9.82. The molecule has 9 heteroatoms. The maximum atomic E-state index is 14.5. The first-order valence-electron chi connectivity index (χ1n) is 8.31. The van der Waals surface area contributed by atoms with Crippen molar-refractivity contribution >= 4 is 23.2 Å². The molecule has 6 nitrogen and oxygen atoms in total. The van der Waals surface area contributed by atoms with Gasteiger partial charge in [0.25, 0.3) is 5.91 Å². The number of halogens is 2. The lowest BCUT2D eigenvalue weighted by molar-refractivity contribution is -0.129. The standard InChI is InChI=1S/C19H15F2N5OS/c1-26-17(27)19(25-18(26)22,12-4-5-23-13(6-12)8-20)11-2-3-15(21)14(7-11)16-9-28-10-24-16/h2-7,9-10H,8H2,1H3,(H2,22,25). The number of nitrogens with zero attached hydrogens (tertiary/aromatic N) is 4. The van der Waals surface area contributed by atoms with E-state index in [1.165, 1.54) is 53.7 Å². The molecular formula is C19H15F2N5OS. The van der Waals surface area contributed by atoms with Gasteiger partial charge >= 0.3 is 0 Å². The van der Waals surface area contributed by atoms with E-state index in [2.05, 4.69) is 15.0 Å². The fourth-order valence-electron chi connectivity index (χ4n) is 3.25. The quantitative estimate of drug-likeness (QED) is 0.731. The Morgan fingerprint density at radius 2 is 2.00 bits per heavy atom. The third-order valence-electron chi connectivity index (χ3n) is 4.70. The molecule has 1 aliphatic rings. The predicted octanol–water partition coefficient (Wildman–Crippen LogP) is 2.84. The number of pyridine rings is 1. The van der Waals surface area contributed by atoms with E-state index in [9.17, 15) is 13.6 Å². The zero-order chi connectivity index (χ0) is 19.9. The highest BCUT2D eigenvalue weighted by Gasteiger charge is 2.50. The largest absolute Gasteiger partial charge is 0.369 e. The second-order valence-corrected chi connectivity index (χ2v) is 7.00. The Balaban J connectivity index is 1.98. The van der Waals surface area contributed by atoms with Gasteiger partial charge in [-0.3, -0.25) is 14.7 Å². The Hall–Kier alpha value is -3.20. The molecule has 1 aromatic carbocycles. The number of aliphatic imine (C=N–C) groups is 1. The van der Waals surface area contributed by atoms with E-state index in [0.29, 0.717) is 16.8 Å². The van der Waals surface area contributed by atoms with Crippen LogP contribution >= 0.6 is 11.3 Å². The van der Waals surface area contributed by atoms with Gasteiger partial charge in [-0.05, 0) is 35.4 Å². The van der Waals surface area contributed by atoms with Crippen LogP contribution in [-0.2, 0) is 17.0 Å². The van der Waals surface area contributed by atoms with E-state index >= 15 is 0 Å². The molecule has 1 atom stereocenters. The highest BCUT2D eigenvalue weighted by molar-refractivity contribution is 7.07. The summed E-state index contributed by atoms with van der Waals surface area (Å²) in [5.41, 5.74) is 7.65. The van der Waals surface area contributed by atoms with Crippen LogP contribution in [0.25, 0.3) is 11.3 Å². The van der Waals surface area contributed by atoms with E-state index in [1.54, 1.807) is 17.0 Å². The first-order valence-corrected chi connectivity index (χ1v) is 9.25. The summed E-state index contributed by atoms with van der Waals surface area (Å²) >= 11 is 1.33. The molecule has 142 valence electrons. The van der Waals surface area contributed by atoms with Crippen LogP contribution in [0.4, 0.5) is 8.78 Å². The molecule has 0 fully saturated rings. The van der Waals surface area contributed by atoms with E-state index in [1.807, 2.05) is 0 Å². The predicted molar refractivity (Wildman–Crippen MR) is 102 cm³/mol. The van der Waals surface area contributed by atoms with Gasteiger partial charge in [0.2, 0.25) is 0 Å². The van der Waals surface area contributed by atoms with Gasteiger partial charge in [-0.25, -0.2) is 18.8 Å². The minimum atomic E-state index is -1.55.